The first kappa shape index (κ1) is 15.7. The van der Waals surface area contributed by atoms with E-state index in [4.69, 9.17) is 0 Å². The van der Waals surface area contributed by atoms with Crippen LogP contribution in [0.2, 0.25) is 0 Å². The first-order valence-corrected chi connectivity index (χ1v) is 10.1. The summed E-state index contributed by atoms with van der Waals surface area (Å²) in [5, 5.41) is 9.78. The molecule has 1 aromatic rings. The van der Waals surface area contributed by atoms with Gasteiger partial charge in [0, 0.05) is 12.4 Å². The smallest absolute Gasteiger partial charge is 0.306 e. The number of H-pyrrole nitrogens is 1. The quantitative estimate of drug-likeness (QED) is 0.755. The average Bonchev–Trinajstić information content (AvgIpc) is 3.33. The van der Waals surface area contributed by atoms with Gasteiger partial charge < -0.3 is 10.1 Å². The van der Waals surface area contributed by atoms with E-state index in [9.17, 15) is 9.90 Å². The van der Waals surface area contributed by atoms with E-state index in [1.54, 1.807) is 24.3 Å². The van der Waals surface area contributed by atoms with E-state index in [1.807, 2.05) is 0 Å². The van der Waals surface area contributed by atoms with Gasteiger partial charge in [0.05, 0.1) is 12.2 Å². The van der Waals surface area contributed by atoms with E-state index in [0.29, 0.717) is 11.8 Å². The highest BCUT2D eigenvalue weighted by Gasteiger charge is 2.58. The van der Waals surface area contributed by atoms with Gasteiger partial charge in [0.1, 0.15) is 0 Å². The maximum absolute atomic E-state index is 11.9. The third kappa shape index (κ3) is 2.40. The van der Waals surface area contributed by atoms with Crippen molar-refractivity contribution in [2.75, 3.05) is 0 Å². The number of aromatic nitrogens is 2. The number of hydrogen-bond acceptors (Lipinski definition) is 2. The molecule has 8 bridgehead atoms. The van der Waals surface area contributed by atoms with Gasteiger partial charge in [0.25, 0.3) is 0 Å². The number of rotatable bonds is 1. The van der Waals surface area contributed by atoms with Crippen LogP contribution >= 0.6 is 0 Å². The van der Waals surface area contributed by atoms with E-state index < -0.39 is 5.97 Å². The average molecular weight is 340 g/mol. The third-order valence-electron chi connectivity index (χ3n) is 8.18. The second-order valence-corrected chi connectivity index (χ2v) is 8.90. The van der Waals surface area contributed by atoms with Crippen molar-refractivity contribution in [2.24, 2.45) is 47.3 Å². The molecule has 25 heavy (non-hydrogen) atoms. The van der Waals surface area contributed by atoms with Gasteiger partial charge in [-0.3, -0.25) is 4.79 Å². The van der Waals surface area contributed by atoms with Gasteiger partial charge in [-0.1, -0.05) is 11.6 Å². The first-order valence-electron chi connectivity index (χ1n) is 10.1. The van der Waals surface area contributed by atoms with Crippen LogP contribution in [0.15, 0.2) is 30.4 Å². The molecule has 9 rings (SSSR count). The molecule has 2 N–H and O–H groups in total. The van der Waals surface area contributed by atoms with Crippen LogP contribution in [0, 0.1) is 47.3 Å². The molecule has 4 nitrogen and oxygen atoms in total. The van der Waals surface area contributed by atoms with Gasteiger partial charge in [0.15, 0.2) is 0 Å². The maximum Gasteiger partial charge on any atom is 0.306 e. The Bertz CT molecular complexity index is 650. The number of allylic oxidation sites excluding steroid dienone is 2. The molecule has 7 saturated carbocycles. The Balaban J connectivity index is 0.000000244. The molecule has 0 spiro atoms. The van der Waals surface area contributed by atoms with Crippen molar-refractivity contribution < 1.29 is 9.90 Å². The topological polar surface area (TPSA) is 66.0 Å². The fourth-order valence-corrected chi connectivity index (χ4v) is 7.48. The Hall–Kier alpha value is -1.58. The van der Waals surface area contributed by atoms with Crippen molar-refractivity contribution >= 4 is 5.97 Å². The number of imidazole rings is 1. The fourth-order valence-electron chi connectivity index (χ4n) is 7.48. The van der Waals surface area contributed by atoms with Crippen LogP contribution in [-0.4, -0.2) is 21.0 Å². The number of aliphatic carboxylic acids is 1. The van der Waals surface area contributed by atoms with Crippen LogP contribution in [0.3, 0.4) is 0 Å². The van der Waals surface area contributed by atoms with Crippen molar-refractivity contribution in [1.82, 2.24) is 9.97 Å². The molecule has 8 aliphatic rings. The molecule has 7 fully saturated rings. The van der Waals surface area contributed by atoms with Crippen molar-refractivity contribution in [3.05, 3.63) is 30.4 Å². The summed E-state index contributed by atoms with van der Waals surface area (Å²) in [6, 6.07) is 0. The molecule has 1 heterocycles. The Morgan fingerprint density at radius 3 is 2.72 bits per heavy atom. The monoisotopic (exact) mass is 340 g/mol. The Kier molecular flexibility index (Phi) is 3.76. The molecule has 134 valence electrons. The Morgan fingerprint density at radius 2 is 2.00 bits per heavy atom. The summed E-state index contributed by atoms with van der Waals surface area (Å²) in [5.74, 6) is 4.57. The number of aromatic amines is 1. The summed E-state index contributed by atoms with van der Waals surface area (Å²) < 4.78 is 0. The van der Waals surface area contributed by atoms with E-state index in [1.165, 1.54) is 38.5 Å². The van der Waals surface area contributed by atoms with E-state index >= 15 is 0 Å². The van der Waals surface area contributed by atoms with Crippen molar-refractivity contribution in [2.45, 2.75) is 44.9 Å². The minimum absolute atomic E-state index is 0.0290. The number of fused-ring (bicyclic) bond motifs is 1. The molecule has 8 atom stereocenters. The highest BCUT2D eigenvalue weighted by molar-refractivity contribution is 5.71. The van der Waals surface area contributed by atoms with Gasteiger partial charge in [-0.15, -0.1) is 0 Å². The molecule has 0 saturated heterocycles. The number of carbonyl (C=O) groups is 1. The number of nitrogens with zero attached hydrogens (tertiary/aromatic N) is 1. The molecule has 4 heteroatoms. The maximum atomic E-state index is 11.9. The fraction of sp³-hybridized carbons (Fsp3) is 0.714. The lowest BCUT2D eigenvalue weighted by molar-refractivity contribution is -0.154. The van der Waals surface area contributed by atoms with Gasteiger partial charge >= 0.3 is 5.97 Å². The second kappa shape index (κ2) is 6.00. The molecule has 8 aliphatic carbocycles. The molecule has 0 aliphatic heterocycles. The largest absolute Gasteiger partial charge is 0.481 e. The Labute approximate surface area is 149 Å². The highest BCUT2D eigenvalue weighted by atomic mass is 16.4. The molecular weight excluding hydrogens is 312 g/mol. The molecular formula is C21H28N2O2. The zero-order valence-corrected chi connectivity index (χ0v) is 14.7. The van der Waals surface area contributed by atoms with Crippen LogP contribution in [0.1, 0.15) is 44.9 Å². The van der Waals surface area contributed by atoms with E-state index in [2.05, 4.69) is 16.0 Å². The minimum atomic E-state index is -0.489. The van der Waals surface area contributed by atoms with Crippen LogP contribution in [0.4, 0.5) is 0 Å². The van der Waals surface area contributed by atoms with Gasteiger partial charge in [-0.05, 0) is 86.4 Å². The standard InChI is InChI=1S/C18H24O2.C3H4N2/c19-18(20)16-8-10-7-9-1-2-12(10)14-6-4-13-11(9)3-5-15(13)17(14)16;1-2-5-3-4-1/h3,9-10,12-17H,1-2,4-8H2,(H,19,20);1-3H,(H,4,5). The number of nitrogens with one attached hydrogen (secondary N) is 1. The van der Waals surface area contributed by atoms with Crippen LogP contribution in [0.5, 0.6) is 0 Å². The minimum Gasteiger partial charge on any atom is -0.481 e. The lowest BCUT2D eigenvalue weighted by Gasteiger charge is -2.52. The SMILES string of the molecule is O=C(O)C1CC2CC3CCC2C2CCC4C3=CCC4C12.c1c[nH]cn1. The van der Waals surface area contributed by atoms with Gasteiger partial charge in [-0.2, -0.15) is 0 Å². The lowest BCUT2D eigenvalue weighted by Crippen LogP contribution is -2.49. The van der Waals surface area contributed by atoms with Crippen LogP contribution in [0.25, 0.3) is 0 Å². The van der Waals surface area contributed by atoms with Gasteiger partial charge in [-0.25, -0.2) is 4.98 Å². The number of carboxylic acids is 1. The van der Waals surface area contributed by atoms with E-state index in [0.717, 1.165) is 36.0 Å². The summed E-state index contributed by atoms with van der Waals surface area (Å²) in [6.07, 6.45) is 16.6. The lowest BCUT2D eigenvalue weighted by atomic mass is 9.51. The summed E-state index contributed by atoms with van der Waals surface area (Å²) >= 11 is 0. The summed E-state index contributed by atoms with van der Waals surface area (Å²) in [5.41, 5.74) is 1.77. The third-order valence-corrected chi connectivity index (χ3v) is 8.18. The van der Waals surface area contributed by atoms with Gasteiger partial charge in [0.2, 0.25) is 0 Å². The van der Waals surface area contributed by atoms with E-state index in [-0.39, 0.29) is 5.92 Å². The predicted molar refractivity (Wildman–Crippen MR) is 94.5 cm³/mol. The molecule has 0 amide bonds. The second-order valence-electron chi connectivity index (χ2n) is 8.90. The zero-order chi connectivity index (χ0) is 17.0. The summed E-state index contributed by atoms with van der Waals surface area (Å²) in [7, 11) is 0. The van der Waals surface area contributed by atoms with Crippen molar-refractivity contribution in [3.63, 3.8) is 0 Å². The van der Waals surface area contributed by atoms with Crippen LogP contribution in [-0.2, 0) is 4.79 Å². The van der Waals surface area contributed by atoms with Crippen LogP contribution < -0.4 is 0 Å². The summed E-state index contributed by atoms with van der Waals surface area (Å²) in [6.45, 7) is 0. The molecule has 1 aromatic heterocycles. The number of carboxylic acid groups (broad SMARTS) is 1. The first-order chi connectivity index (χ1) is 12.2. The van der Waals surface area contributed by atoms with Crippen molar-refractivity contribution in [3.8, 4) is 0 Å². The molecule has 0 aromatic carbocycles. The molecule has 8 unspecified atom stereocenters. The molecule has 0 radical (unpaired) electrons. The Morgan fingerprint density at radius 1 is 1.12 bits per heavy atom. The number of hydrogen-bond donors (Lipinski definition) is 2. The van der Waals surface area contributed by atoms with Crippen molar-refractivity contribution in [1.29, 1.82) is 0 Å². The summed E-state index contributed by atoms with van der Waals surface area (Å²) in [4.78, 5) is 18.3. The predicted octanol–water partition coefficient (Wildman–Crippen LogP) is 4.14. The normalized spacial score (nSPS) is 45.8. The zero-order valence-electron chi connectivity index (χ0n) is 14.7. The highest BCUT2D eigenvalue weighted by Crippen LogP contribution is 2.64.